The van der Waals surface area contributed by atoms with Gasteiger partial charge in [-0.15, -0.1) is 0 Å². The lowest BCUT2D eigenvalue weighted by Crippen LogP contribution is -2.27. The van der Waals surface area contributed by atoms with Gasteiger partial charge >= 0.3 is 0 Å². The van der Waals surface area contributed by atoms with Gasteiger partial charge in [-0.05, 0) is 38.1 Å². The first-order chi connectivity index (χ1) is 7.84. The zero-order chi connectivity index (χ0) is 11.0. The predicted molar refractivity (Wildman–Crippen MR) is 57.8 cm³/mol. The van der Waals surface area contributed by atoms with Gasteiger partial charge in [-0.3, -0.25) is 0 Å². The molecular weight excluding hydrogens is 207 g/mol. The van der Waals surface area contributed by atoms with Gasteiger partial charge in [-0.1, -0.05) is 0 Å². The molecule has 0 aliphatic carbocycles. The van der Waals surface area contributed by atoms with Crippen molar-refractivity contribution in [3.8, 4) is 0 Å². The molecule has 2 aromatic rings. The molecule has 1 aliphatic heterocycles. The Bertz CT molecular complexity index is 502. The summed E-state index contributed by atoms with van der Waals surface area (Å²) in [6, 6.07) is 3.05. The third kappa shape index (κ3) is 1.57. The molecule has 1 fully saturated rings. The topological polar surface area (TPSA) is 42.2 Å². The van der Waals surface area contributed by atoms with Crippen LogP contribution in [0.4, 0.5) is 4.39 Å². The van der Waals surface area contributed by atoms with Crippen molar-refractivity contribution < 1.29 is 4.39 Å². The molecule has 1 aliphatic rings. The van der Waals surface area contributed by atoms with Gasteiger partial charge < -0.3 is 5.32 Å². The highest BCUT2D eigenvalue weighted by molar-refractivity contribution is 5.39. The van der Waals surface area contributed by atoms with E-state index in [0.717, 1.165) is 31.8 Å². The van der Waals surface area contributed by atoms with E-state index in [2.05, 4.69) is 15.4 Å². The lowest BCUT2D eigenvalue weighted by molar-refractivity contribution is 0.445. The van der Waals surface area contributed by atoms with Crippen molar-refractivity contribution in [2.24, 2.45) is 0 Å². The molecule has 0 bridgehead atoms. The van der Waals surface area contributed by atoms with Gasteiger partial charge in [-0.25, -0.2) is 13.9 Å². The molecule has 0 unspecified atom stereocenters. The summed E-state index contributed by atoms with van der Waals surface area (Å²) < 4.78 is 15.0. The summed E-state index contributed by atoms with van der Waals surface area (Å²) in [4.78, 5) is 4.28. The molecule has 2 aromatic heterocycles. The number of hydrogen-bond donors (Lipinski definition) is 1. The van der Waals surface area contributed by atoms with E-state index in [1.807, 2.05) is 0 Å². The Kier molecular flexibility index (Phi) is 2.32. The Morgan fingerprint density at radius 1 is 1.38 bits per heavy atom. The van der Waals surface area contributed by atoms with Gasteiger partial charge in [0.15, 0.2) is 17.3 Å². The van der Waals surface area contributed by atoms with Crippen LogP contribution < -0.4 is 5.32 Å². The van der Waals surface area contributed by atoms with Crippen LogP contribution in [0, 0.1) is 5.82 Å². The second-order valence-electron chi connectivity index (χ2n) is 4.12. The summed E-state index contributed by atoms with van der Waals surface area (Å²) in [5, 5.41) is 7.63. The van der Waals surface area contributed by atoms with Crippen LogP contribution in [0.5, 0.6) is 0 Å². The number of fused-ring (bicyclic) bond motifs is 1. The number of nitrogens with zero attached hydrogens (tertiary/aromatic N) is 3. The SMILES string of the molecule is Fc1cccn2nc(C3CCNCC3)nc12. The average molecular weight is 220 g/mol. The van der Waals surface area contributed by atoms with Gasteiger partial charge in [0.1, 0.15) is 0 Å². The molecule has 5 heteroatoms. The van der Waals surface area contributed by atoms with Crippen LogP contribution in [0.1, 0.15) is 24.6 Å². The predicted octanol–water partition coefficient (Wildman–Crippen LogP) is 1.34. The summed E-state index contributed by atoms with van der Waals surface area (Å²) in [5.74, 6) is 0.822. The van der Waals surface area contributed by atoms with E-state index in [1.54, 1.807) is 12.3 Å². The average Bonchev–Trinajstić information content (AvgIpc) is 2.76. The van der Waals surface area contributed by atoms with Crippen molar-refractivity contribution in [1.82, 2.24) is 19.9 Å². The molecule has 16 heavy (non-hydrogen) atoms. The van der Waals surface area contributed by atoms with E-state index >= 15 is 0 Å². The largest absolute Gasteiger partial charge is 0.317 e. The van der Waals surface area contributed by atoms with Gasteiger partial charge in [0.2, 0.25) is 0 Å². The first-order valence-corrected chi connectivity index (χ1v) is 5.56. The monoisotopic (exact) mass is 220 g/mol. The minimum absolute atomic E-state index is 0.310. The molecule has 0 radical (unpaired) electrons. The molecule has 0 spiro atoms. The molecule has 3 rings (SSSR count). The summed E-state index contributed by atoms with van der Waals surface area (Å²) in [6.07, 6.45) is 3.78. The molecule has 1 saturated heterocycles. The fourth-order valence-corrected chi connectivity index (χ4v) is 2.14. The standard InChI is InChI=1S/C11H13FN4/c12-9-2-1-7-16-11(9)14-10(15-16)8-3-5-13-6-4-8/h1-2,7-8,13H,3-6H2. The smallest absolute Gasteiger partial charge is 0.191 e. The van der Waals surface area contributed by atoms with E-state index in [-0.39, 0.29) is 5.82 Å². The fraction of sp³-hybridized carbons (Fsp3) is 0.455. The molecule has 4 nitrogen and oxygen atoms in total. The van der Waals surface area contributed by atoms with Crippen molar-refractivity contribution in [1.29, 1.82) is 0 Å². The molecule has 1 N–H and O–H groups in total. The molecular formula is C11H13FN4. The van der Waals surface area contributed by atoms with Crippen molar-refractivity contribution in [2.75, 3.05) is 13.1 Å². The van der Waals surface area contributed by atoms with Crippen molar-refractivity contribution in [3.63, 3.8) is 0 Å². The van der Waals surface area contributed by atoms with E-state index in [0.29, 0.717) is 11.6 Å². The van der Waals surface area contributed by atoms with Crippen LogP contribution in [0.15, 0.2) is 18.3 Å². The van der Waals surface area contributed by atoms with Gasteiger partial charge in [0.25, 0.3) is 0 Å². The number of halogens is 1. The number of pyridine rings is 1. The maximum Gasteiger partial charge on any atom is 0.191 e. The van der Waals surface area contributed by atoms with Crippen molar-refractivity contribution in [3.05, 3.63) is 30.0 Å². The lowest BCUT2D eigenvalue weighted by Gasteiger charge is -2.19. The summed E-state index contributed by atoms with van der Waals surface area (Å²) in [5.41, 5.74) is 0.330. The minimum atomic E-state index is -0.310. The zero-order valence-electron chi connectivity index (χ0n) is 8.86. The van der Waals surface area contributed by atoms with Crippen LogP contribution in [0.25, 0.3) is 5.65 Å². The molecule has 3 heterocycles. The van der Waals surface area contributed by atoms with Gasteiger partial charge in [0.05, 0.1) is 0 Å². The van der Waals surface area contributed by atoms with E-state index in [9.17, 15) is 4.39 Å². The first kappa shape index (κ1) is 9.72. The second kappa shape index (κ2) is 3.83. The minimum Gasteiger partial charge on any atom is -0.317 e. The number of rotatable bonds is 1. The van der Waals surface area contributed by atoms with Crippen LogP contribution in [-0.4, -0.2) is 27.7 Å². The van der Waals surface area contributed by atoms with Gasteiger partial charge in [0, 0.05) is 12.1 Å². The van der Waals surface area contributed by atoms with Crippen LogP contribution in [0.3, 0.4) is 0 Å². The van der Waals surface area contributed by atoms with Gasteiger partial charge in [-0.2, -0.15) is 5.10 Å². The summed E-state index contributed by atoms with van der Waals surface area (Å²) in [7, 11) is 0. The Labute approximate surface area is 92.5 Å². The Balaban J connectivity index is 2.01. The quantitative estimate of drug-likeness (QED) is 0.788. The zero-order valence-corrected chi connectivity index (χ0v) is 8.86. The third-order valence-corrected chi connectivity index (χ3v) is 3.04. The van der Waals surface area contributed by atoms with Crippen LogP contribution in [0.2, 0.25) is 0 Å². The van der Waals surface area contributed by atoms with E-state index < -0.39 is 0 Å². The second-order valence-corrected chi connectivity index (χ2v) is 4.12. The number of hydrogen-bond acceptors (Lipinski definition) is 3. The van der Waals surface area contributed by atoms with E-state index in [4.69, 9.17) is 0 Å². The Morgan fingerprint density at radius 2 is 2.19 bits per heavy atom. The van der Waals surface area contributed by atoms with Crippen LogP contribution in [-0.2, 0) is 0 Å². The lowest BCUT2D eigenvalue weighted by atomic mass is 9.98. The summed E-state index contributed by atoms with van der Waals surface area (Å²) >= 11 is 0. The molecule has 0 amide bonds. The molecule has 0 saturated carbocycles. The summed E-state index contributed by atoms with van der Waals surface area (Å²) in [6.45, 7) is 1.98. The highest BCUT2D eigenvalue weighted by Gasteiger charge is 2.20. The molecule has 0 aromatic carbocycles. The normalized spacial score (nSPS) is 18.1. The number of aromatic nitrogens is 3. The van der Waals surface area contributed by atoms with Crippen LogP contribution >= 0.6 is 0 Å². The van der Waals surface area contributed by atoms with E-state index in [1.165, 1.54) is 10.6 Å². The highest BCUT2D eigenvalue weighted by atomic mass is 19.1. The maximum atomic E-state index is 13.4. The number of piperidine rings is 1. The third-order valence-electron chi connectivity index (χ3n) is 3.04. The molecule has 84 valence electrons. The van der Waals surface area contributed by atoms with Crippen molar-refractivity contribution in [2.45, 2.75) is 18.8 Å². The number of nitrogens with one attached hydrogen (secondary N) is 1. The molecule has 0 atom stereocenters. The Hall–Kier alpha value is -1.49. The highest BCUT2D eigenvalue weighted by Crippen LogP contribution is 2.22. The first-order valence-electron chi connectivity index (χ1n) is 5.56. The fourth-order valence-electron chi connectivity index (χ4n) is 2.14. The Morgan fingerprint density at radius 3 is 2.94 bits per heavy atom. The van der Waals surface area contributed by atoms with Crippen molar-refractivity contribution >= 4 is 5.65 Å². The maximum absolute atomic E-state index is 13.4.